The minimum absolute atomic E-state index is 0.972. The monoisotopic (exact) mass is 598 g/mol. The largest absolute Gasteiger partial charge is 0.354 e. The van der Waals surface area contributed by atoms with Gasteiger partial charge >= 0.3 is 0 Å². The Kier molecular flexibility index (Phi) is 5.67. The lowest BCUT2D eigenvalue weighted by Gasteiger charge is -2.27. The fourth-order valence-electron chi connectivity index (χ4n) is 7.89. The first-order valence-corrected chi connectivity index (χ1v) is 16.3. The van der Waals surface area contributed by atoms with E-state index in [1.807, 2.05) is 0 Å². The zero-order valence-corrected chi connectivity index (χ0v) is 25.7. The summed E-state index contributed by atoms with van der Waals surface area (Å²) in [6.45, 7) is 0. The van der Waals surface area contributed by atoms with E-state index in [0.717, 1.165) is 29.2 Å². The molecule has 0 saturated heterocycles. The van der Waals surface area contributed by atoms with Gasteiger partial charge in [0, 0.05) is 39.4 Å². The van der Waals surface area contributed by atoms with Gasteiger partial charge in [-0.25, -0.2) is 0 Å². The Morgan fingerprint density at radius 3 is 1.98 bits per heavy atom. The molecule has 2 aliphatic rings. The normalized spacial score (nSPS) is 12.3. The van der Waals surface area contributed by atoms with Crippen LogP contribution in [-0.2, 0) is 6.42 Å². The Bertz CT molecular complexity index is 2510. The lowest BCUT2D eigenvalue weighted by atomic mass is 9.86. The molecule has 0 fully saturated rings. The highest BCUT2D eigenvalue weighted by Gasteiger charge is 2.23. The number of anilines is 5. The third-order valence-corrected chi connectivity index (χ3v) is 9.97. The van der Waals surface area contributed by atoms with Gasteiger partial charge in [-0.05, 0) is 110 Å². The van der Waals surface area contributed by atoms with E-state index in [9.17, 15) is 0 Å². The van der Waals surface area contributed by atoms with Crippen LogP contribution in [0.1, 0.15) is 11.1 Å². The number of rotatable bonds is 4. The van der Waals surface area contributed by atoms with Gasteiger partial charge in [0.25, 0.3) is 0 Å². The molecule has 2 nitrogen and oxygen atoms in total. The smallest absolute Gasteiger partial charge is 0.0477 e. The molecule has 0 bridgehead atoms. The van der Waals surface area contributed by atoms with E-state index in [1.165, 1.54) is 71.7 Å². The Hall–Kier alpha value is -6.12. The lowest BCUT2D eigenvalue weighted by Crippen LogP contribution is -2.10. The standard InChI is InChI=1S/C45H30N2/c1-2-13-33(14-3-1)47(35-24-25-37-32(27-35)26-31-10-4-5-15-36(31)37)34-22-20-29(21-23-34)41-28-43-45(39-17-7-6-16-38(39)41)40-18-8-11-30-12-9-19-42(46-43)44(30)40/h1-25,27-28,46H,26H2. The fraction of sp³-hybridized carbons (Fsp3) is 0.0222. The molecular weight excluding hydrogens is 569 g/mol. The SMILES string of the molecule is c1ccc(N(c2ccc(-c3cc4c(c5ccccc35)-c3cccc5cccc(c35)N4)cc2)c2ccc3c(c2)Cc2ccccc2-3)cc1. The minimum atomic E-state index is 0.972. The Balaban J connectivity index is 1.09. The summed E-state index contributed by atoms with van der Waals surface area (Å²) < 4.78 is 0. The van der Waals surface area contributed by atoms with Crippen molar-refractivity contribution in [1.29, 1.82) is 0 Å². The van der Waals surface area contributed by atoms with Gasteiger partial charge in [0.15, 0.2) is 0 Å². The van der Waals surface area contributed by atoms with Gasteiger partial charge in [-0.1, -0.05) is 115 Å². The Labute approximate surface area is 274 Å². The second kappa shape index (κ2) is 10.2. The van der Waals surface area contributed by atoms with Gasteiger partial charge in [0.05, 0.1) is 0 Å². The molecular formula is C45H30N2. The summed E-state index contributed by atoms with van der Waals surface area (Å²) in [4.78, 5) is 2.37. The van der Waals surface area contributed by atoms with Gasteiger partial charge in [-0.2, -0.15) is 0 Å². The highest BCUT2D eigenvalue weighted by Crippen LogP contribution is 2.49. The van der Waals surface area contributed by atoms with Crippen LogP contribution in [0.5, 0.6) is 0 Å². The summed E-state index contributed by atoms with van der Waals surface area (Å²) in [5, 5.41) is 8.88. The van der Waals surface area contributed by atoms with Crippen LogP contribution in [0.3, 0.4) is 0 Å². The number of nitrogens with one attached hydrogen (secondary N) is 1. The van der Waals surface area contributed by atoms with Crippen molar-refractivity contribution in [1.82, 2.24) is 0 Å². The second-order valence-corrected chi connectivity index (χ2v) is 12.6. The number of benzene rings is 8. The van der Waals surface area contributed by atoms with Crippen LogP contribution in [-0.4, -0.2) is 0 Å². The molecule has 0 aromatic heterocycles. The van der Waals surface area contributed by atoms with E-state index >= 15 is 0 Å². The van der Waals surface area contributed by atoms with Crippen LogP contribution in [0, 0.1) is 0 Å². The maximum atomic E-state index is 3.80. The maximum Gasteiger partial charge on any atom is 0.0477 e. The summed E-state index contributed by atoms with van der Waals surface area (Å²) in [5.74, 6) is 0. The molecule has 8 aromatic rings. The number of fused-ring (bicyclic) bond motifs is 7. The molecule has 10 rings (SSSR count). The molecule has 0 saturated carbocycles. The third-order valence-electron chi connectivity index (χ3n) is 9.97. The van der Waals surface area contributed by atoms with Crippen molar-refractivity contribution in [2.24, 2.45) is 0 Å². The van der Waals surface area contributed by atoms with Crippen molar-refractivity contribution >= 4 is 50.0 Å². The molecule has 1 aliphatic heterocycles. The first-order valence-electron chi connectivity index (χ1n) is 16.3. The Morgan fingerprint density at radius 1 is 0.426 bits per heavy atom. The molecule has 1 aliphatic carbocycles. The Morgan fingerprint density at radius 2 is 1.11 bits per heavy atom. The average Bonchev–Trinajstić information content (AvgIpc) is 3.50. The summed E-state index contributed by atoms with van der Waals surface area (Å²) in [6, 6.07) is 59.9. The number of hydrogen-bond donors (Lipinski definition) is 1. The summed E-state index contributed by atoms with van der Waals surface area (Å²) in [6.07, 6.45) is 0.972. The summed E-state index contributed by atoms with van der Waals surface area (Å²) in [7, 11) is 0. The van der Waals surface area contributed by atoms with Crippen LogP contribution < -0.4 is 10.2 Å². The van der Waals surface area contributed by atoms with Crippen LogP contribution >= 0.6 is 0 Å². The average molecular weight is 599 g/mol. The minimum Gasteiger partial charge on any atom is -0.354 e. The topological polar surface area (TPSA) is 15.3 Å². The predicted molar refractivity (Wildman–Crippen MR) is 199 cm³/mol. The number of nitrogens with zero attached hydrogens (tertiary/aromatic N) is 1. The highest BCUT2D eigenvalue weighted by molar-refractivity contribution is 6.19. The van der Waals surface area contributed by atoms with Crippen LogP contribution in [0.15, 0.2) is 164 Å². The molecule has 0 spiro atoms. The molecule has 47 heavy (non-hydrogen) atoms. The molecule has 220 valence electrons. The van der Waals surface area contributed by atoms with Crippen molar-refractivity contribution in [2.45, 2.75) is 6.42 Å². The van der Waals surface area contributed by atoms with Gasteiger partial charge in [0.1, 0.15) is 0 Å². The molecule has 0 unspecified atom stereocenters. The summed E-state index contributed by atoms with van der Waals surface area (Å²) >= 11 is 0. The van der Waals surface area contributed by atoms with E-state index in [0.29, 0.717) is 0 Å². The quantitative estimate of drug-likeness (QED) is 0.217. The van der Waals surface area contributed by atoms with Gasteiger partial charge in [-0.3, -0.25) is 0 Å². The van der Waals surface area contributed by atoms with Gasteiger partial charge in [-0.15, -0.1) is 0 Å². The first kappa shape index (κ1) is 26.1. The van der Waals surface area contributed by atoms with Crippen molar-refractivity contribution in [3.05, 3.63) is 175 Å². The first-order chi connectivity index (χ1) is 23.3. The molecule has 8 aromatic carbocycles. The molecule has 0 amide bonds. The van der Waals surface area contributed by atoms with E-state index in [-0.39, 0.29) is 0 Å². The van der Waals surface area contributed by atoms with Crippen molar-refractivity contribution in [3.63, 3.8) is 0 Å². The maximum absolute atomic E-state index is 3.80. The molecule has 2 heteroatoms. The lowest BCUT2D eigenvalue weighted by molar-refractivity contribution is 1.23. The molecule has 1 heterocycles. The zero-order chi connectivity index (χ0) is 30.9. The van der Waals surface area contributed by atoms with Crippen molar-refractivity contribution < 1.29 is 0 Å². The molecule has 0 atom stereocenters. The van der Waals surface area contributed by atoms with E-state index in [2.05, 4.69) is 174 Å². The van der Waals surface area contributed by atoms with Crippen LogP contribution in [0.4, 0.5) is 28.4 Å². The molecule has 0 radical (unpaired) electrons. The summed E-state index contributed by atoms with van der Waals surface area (Å²) in [5.41, 5.74) is 16.3. The van der Waals surface area contributed by atoms with Crippen LogP contribution in [0.2, 0.25) is 0 Å². The number of para-hydroxylation sites is 1. The van der Waals surface area contributed by atoms with E-state index in [4.69, 9.17) is 0 Å². The van der Waals surface area contributed by atoms with Crippen molar-refractivity contribution in [3.8, 4) is 33.4 Å². The van der Waals surface area contributed by atoms with Gasteiger partial charge in [0.2, 0.25) is 0 Å². The highest BCUT2D eigenvalue weighted by atomic mass is 15.1. The predicted octanol–water partition coefficient (Wildman–Crippen LogP) is 12.4. The molecule has 1 N–H and O–H groups in total. The fourth-order valence-corrected chi connectivity index (χ4v) is 7.89. The van der Waals surface area contributed by atoms with Crippen LogP contribution in [0.25, 0.3) is 54.9 Å². The zero-order valence-electron chi connectivity index (χ0n) is 25.7. The van der Waals surface area contributed by atoms with E-state index in [1.54, 1.807) is 0 Å². The van der Waals surface area contributed by atoms with Gasteiger partial charge < -0.3 is 10.2 Å². The second-order valence-electron chi connectivity index (χ2n) is 12.6. The number of hydrogen-bond acceptors (Lipinski definition) is 2. The van der Waals surface area contributed by atoms with E-state index < -0.39 is 0 Å². The third kappa shape index (κ3) is 4.05. The van der Waals surface area contributed by atoms with Crippen molar-refractivity contribution in [2.75, 3.05) is 10.2 Å².